The van der Waals surface area contributed by atoms with Crippen molar-refractivity contribution >= 4 is 0 Å². The molecular formula is C16H25NO2. The number of aryl methyl sites for hydroxylation is 1. The highest BCUT2D eigenvalue weighted by Gasteiger charge is 2.18. The van der Waals surface area contributed by atoms with Crippen LogP contribution in [0.3, 0.4) is 0 Å². The molecule has 0 bridgehead atoms. The lowest BCUT2D eigenvalue weighted by atomic mass is 10.0. The monoisotopic (exact) mass is 263 g/mol. The average Bonchev–Trinajstić information content (AvgIpc) is 2.45. The zero-order chi connectivity index (χ0) is 13.5. The summed E-state index contributed by atoms with van der Waals surface area (Å²) in [7, 11) is 0. The molecule has 1 saturated heterocycles. The van der Waals surface area contributed by atoms with E-state index in [1.165, 1.54) is 11.1 Å². The molecule has 19 heavy (non-hydrogen) atoms. The smallest absolute Gasteiger partial charge is 0.0665 e. The summed E-state index contributed by atoms with van der Waals surface area (Å²) >= 11 is 0. The van der Waals surface area contributed by atoms with Crippen molar-refractivity contribution in [2.75, 3.05) is 26.4 Å². The van der Waals surface area contributed by atoms with Crippen molar-refractivity contribution < 1.29 is 9.47 Å². The molecule has 0 aliphatic carbocycles. The summed E-state index contributed by atoms with van der Waals surface area (Å²) in [5, 5.41) is 3.52. The zero-order valence-corrected chi connectivity index (χ0v) is 12.0. The van der Waals surface area contributed by atoms with Crippen LogP contribution in [0, 0.1) is 6.92 Å². The first-order valence-electron chi connectivity index (χ1n) is 7.29. The SMILES string of the molecule is CCNC(COC1CCOCC1)c1ccccc1C. The second-order valence-electron chi connectivity index (χ2n) is 5.11. The maximum absolute atomic E-state index is 6.06. The van der Waals surface area contributed by atoms with Crippen LogP contribution in [-0.2, 0) is 9.47 Å². The normalized spacial score (nSPS) is 18.4. The molecule has 0 aromatic heterocycles. The maximum Gasteiger partial charge on any atom is 0.0665 e. The summed E-state index contributed by atoms with van der Waals surface area (Å²) in [5.41, 5.74) is 2.67. The number of rotatable bonds is 6. The molecule has 3 nitrogen and oxygen atoms in total. The molecule has 1 aromatic carbocycles. The topological polar surface area (TPSA) is 30.5 Å². The van der Waals surface area contributed by atoms with Gasteiger partial charge in [-0.2, -0.15) is 0 Å². The first-order valence-corrected chi connectivity index (χ1v) is 7.29. The van der Waals surface area contributed by atoms with Gasteiger partial charge in [0.05, 0.1) is 18.8 Å². The summed E-state index contributed by atoms with van der Waals surface area (Å²) in [4.78, 5) is 0. The fraction of sp³-hybridized carbons (Fsp3) is 0.625. The van der Waals surface area contributed by atoms with Crippen molar-refractivity contribution in [1.29, 1.82) is 0 Å². The van der Waals surface area contributed by atoms with Crippen LogP contribution in [0.25, 0.3) is 0 Å². The summed E-state index contributed by atoms with van der Waals surface area (Å²) in [6.45, 7) is 7.66. The number of nitrogens with one attached hydrogen (secondary N) is 1. The van der Waals surface area contributed by atoms with E-state index in [9.17, 15) is 0 Å². The molecule has 1 N–H and O–H groups in total. The van der Waals surface area contributed by atoms with E-state index in [0.29, 0.717) is 6.10 Å². The quantitative estimate of drug-likeness (QED) is 0.856. The minimum Gasteiger partial charge on any atom is -0.381 e. The van der Waals surface area contributed by atoms with E-state index < -0.39 is 0 Å². The first kappa shape index (κ1) is 14.5. The van der Waals surface area contributed by atoms with Crippen molar-refractivity contribution in [2.45, 2.75) is 38.8 Å². The van der Waals surface area contributed by atoms with Crippen molar-refractivity contribution in [3.05, 3.63) is 35.4 Å². The molecule has 3 heteroatoms. The Morgan fingerprint density at radius 1 is 1.32 bits per heavy atom. The van der Waals surface area contributed by atoms with Gasteiger partial charge in [0.15, 0.2) is 0 Å². The van der Waals surface area contributed by atoms with E-state index in [1.807, 2.05) is 0 Å². The second-order valence-corrected chi connectivity index (χ2v) is 5.11. The van der Waals surface area contributed by atoms with Crippen molar-refractivity contribution in [3.63, 3.8) is 0 Å². The van der Waals surface area contributed by atoms with Gasteiger partial charge in [0.1, 0.15) is 0 Å². The molecule has 1 aliphatic rings. The van der Waals surface area contributed by atoms with Gasteiger partial charge in [0, 0.05) is 13.2 Å². The molecule has 106 valence electrons. The average molecular weight is 263 g/mol. The van der Waals surface area contributed by atoms with Crippen molar-refractivity contribution in [2.24, 2.45) is 0 Å². The van der Waals surface area contributed by atoms with E-state index in [0.717, 1.165) is 39.2 Å². The van der Waals surface area contributed by atoms with Gasteiger partial charge in [0.25, 0.3) is 0 Å². The Kier molecular flexibility index (Phi) is 5.83. The summed E-state index contributed by atoms with van der Waals surface area (Å²) in [6.07, 6.45) is 2.40. The number of benzene rings is 1. The highest BCUT2D eigenvalue weighted by molar-refractivity contribution is 5.28. The van der Waals surface area contributed by atoms with Gasteiger partial charge in [-0.15, -0.1) is 0 Å². The number of hydrogen-bond acceptors (Lipinski definition) is 3. The summed E-state index contributed by atoms with van der Waals surface area (Å²) in [5.74, 6) is 0. The van der Waals surface area contributed by atoms with Gasteiger partial charge in [0.2, 0.25) is 0 Å². The Labute approximate surface area is 116 Å². The molecule has 0 radical (unpaired) electrons. The van der Waals surface area contributed by atoms with Crippen LogP contribution in [0.15, 0.2) is 24.3 Å². The van der Waals surface area contributed by atoms with Crippen molar-refractivity contribution in [1.82, 2.24) is 5.32 Å². The van der Waals surface area contributed by atoms with Crippen LogP contribution < -0.4 is 5.32 Å². The standard InChI is InChI=1S/C16H25NO2/c1-3-17-16(15-7-5-4-6-13(15)2)12-19-14-8-10-18-11-9-14/h4-7,14,16-17H,3,8-12H2,1-2H3. The Morgan fingerprint density at radius 2 is 2.05 bits per heavy atom. The van der Waals surface area contributed by atoms with Gasteiger partial charge in [-0.3, -0.25) is 0 Å². The first-order chi connectivity index (χ1) is 9.31. The summed E-state index contributed by atoms with van der Waals surface area (Å²) in [6, 6.07) is 8.82. The van der Waals surface area contributed by atoms with Gasteiger partial charge in [-0.25, -0.2) is 0 Å². The van der Waals surface area contributed by atoms with Crippen LogP contribution in [0.2, 0.25) is 0 Å². The highest BCUT2D eigenvalue weighted by Crippen LogP contribution is 2.20. The third kappa shape index (κ3) is 4.30. The zero-order valence-electron chi connectivity index (χ0n) is 12.0. The molecule has 1 aliphatic heterocycles. The maximum atomic E-state index is 6.06. The molecule has 0 spiro atoms. The van der Waals surface area contributed by atoms with E-state index >= 15 is 0 Å². The van der Waals surface area contributed by atoms with Crippen molar-refractivity contribution in [3.8, 4) is 0 Å². The fourth-order valence-corrected chi connectivity index (χ4v) is 2.56. The minimum absolute atomic E-state index is 0.286. The van der Waals surface area contributed by atoms with Crippen LogP contribution in [0.5, 0.6) is 0 Å². The molecule has 0 saturated carbocycles. The lowest BCUT2D eigenvalue weighted by Gasteiger charge is -2.26. The third-order valence-electron chi connectivity index (χ3n) is 3.68. The second kappa shape index (κ2) is 7.63. The number of likely N-dealkylation sites (N-methyl/N-ethyl adjacent to an activating group) is 1. The molecule has 1 aromatic rings. The fourth-order valence-electron chi connectivity index (χ4n) is 2.56. The van der Waals surface area contributed by atoms with E-state index in [2.05, 4.69) is 43.4 Å². The predicted molar refractivity (Wildman–Crippen MR) is 77.4 cm³/mol. The Hall–Kier alpha value is -0.900. The molecule has 1 fully saturated rings. The van der Waals surface area contributed by atoms with Gasteiger partial charge in [-0.05, 0) is 37.4 Å². The Balaban J connectivity index is 1.94. The molecule has 2 rings (SSSR count). The van der Waals surface area contributed by atoms with Crippen LogP contribution >= 0.6 is 0 Å². The lowest BCUT2D eigenvalue weighted by Crippen LogP contribution is -2.30. The number of ether oxygens (including phenoxy) is 2. The molecule has 1 unspecified atom stereocenters. The van der Waals surface area contributed by atoms with Crippen LogP contribution in [0.1, 0.15) is 36.9 Å². The van der Waals surface area contributed by atoms with E-state index in [1.54, 1.807) is 0 Å². The molecule has 1 atom stereocenters. The molecular weight excluding hydrogens is 238 g/mol. The Morgan fingerprint density at radius 3 is 2.74 bits per heavy atom. The van der Waals surface area contributed by atoms with Gasteiger partial charge >= 0.3 is 0 Å². The largest absolute Gasteiger partial charge is 0.381 e. The third-order valence-corrected chi connectivity index (χ3v) is 3.68. The summed E-state index contributed by atoms with van der Waals surface area (Å²) < 4.78 is 11.4. The highest BCUT2D eigenvalue weighted by atomic mass is 16.5. The Bertz CT molecular complexity index is 375. The minimum atomic E-state index is 0.286. The van der Waals surface area contributed by atoms with Gasteiger partial charge in [-0.1, -0.05) is 31.2 Å². The van der Waals surface area contributed by atoms with E-state index in [-0.39, 0.29) is 6.04 Å². The van der Waals surface area contributed by atoms with Gasteiger partial charge < -0.3 is 14.8 Å². The predicted octanol–water partition coefficient (Wildman–Crippen LogP) is 2.84. The van der Waals surface area contributed by atoms with Crippen LogP contribution in [-0.4, -0.2) is 32.5 Å². The molecule has 1 heterocycles. The van der Waals surface area contributed by atoms with E-state index in [4.69, 9.17) is 9.47 Å². The lowest BCUT2D eigenvalue weighted by molar-refractivity contribution is -0.0382. The molecule has 0 amide bonds. The number of hydrogen-bond donors (Lipinski definition) is 1. The van der Waals surface area contributed by atoms with Crippen LogP contribution in [0.4, 0.5) is 0 Å².